The molecule has 1 fully saturated rings. The molecule has 1 aromatic carbocycles. The highest BCUT2D eigenvalue weighted by atomic mass is 32.1. The Hall–Kier alpha value is -2.91. The Balaban J connectivity index is 1.64. The summed E-state index contributed by atoms with van der Waals surface area (Å²) >= 11 is 1.39. The first kappa shape index (κ1) is 24.2. The molecule has 182 valence electrons. The van der Waals surface area contributed by atoms with Crippen molar-refractivity contribution in [1.29, 1.82) is 0 Å². The van der Waals surface area contributed by atoms with Gasteiger partial charge in [0.05, 0.1) is 22.9 Å². The number of fused-ring (bicyclic) bond motifs is 1. The molecular formula is C25H31N3O5S. The van der Waals surface area contributed by atoms with Gasteiger partial charge in [-0.3, -0.25) is 9.36 Å². The monoisotopic (exact) mass is 485 g/mol. The van der Waals surface area contributed by atoms with E-state index in [1.54, 1.807) is 31.5 Å². The van der Waals surface area contributed by atoms with Gasteiger partial charge >= 0.3 is 12.1 Å². The van der Waals surface area contributed by atoms with Crippen LogP contribution in [0.4, 0.5) is 10.5 Å². The maximum absolute atomic E-state index is 12.9. The summed E-state index contributed by atoms with van der Waals surface area (Å²) in [5.74, 6) is -0.383. The molecule has 0 saturated heterocycles. The second kappa shape index (κ2) is 9.03. The minimum Gasteiger partial charge on any atom is -0.466 e. The zero-order chi connectivity index (χ0) is 24.7. The Morgan fingerprint density at radius 1 is 1.29 bits per heavy atom. The van der Waals surface area contributed by atoms with Gasteiger partial charge in [0.1, 0.15) is 16.2 Å². The van der Waals surface area contributed by atoms with Gasteiger partial charge in [0.2, 0.25) is 0 Å². The van der Waals surface area contributed by atoms with E-state index in [-0.39, 0.29) is 11.9 Å². The third kappa shape index (κ3) is 4.81. The lowest BCUT2D eigenvalue weighted by atomic mass is 9.79. The summed E-state index contributed by atoms with van der Waals surface area (Å²) in [6.07, 6.45) is 4.96. The number of benzene rings is 1. The number of esters is 1. The first-order valence-corrected chi connectivity index (χ1v) is 12.3. The standard InChI is InChI=1S/C25H31N3O5S/c1-5-32-21(29)15-8-10-25(31,11-9-15)22-27-13-20(34-22)18-14-28(23(30)33-24(2,3)4)19-7-6-16(26)12-17(18)19/h6-7,12-15,31H,5,8-11,26H2,1-4H3/t15-,25-. The number of aromatic nitrogens is 2. The van der Waals surface area contributed by atoms with Gasteiger partial charge in [-0.05, 0) is 71.6 Å². The quantitative estimate of drug-likeness (QED) is 0.391. The van der Waals surface area contributed by atoms with Crippen molar-refractivity contribution in [2.24, 2.45) is 5.92 Å². The normalized spacial score (nSPS) is 20.9. The molecule has 3 N–H and O–H groups in total. The van der Waals surface area contributed by atoms with Crippen LogP contribution < -0.4 is 5.73 Å². The molecule has 34 heavy (non-hydrogen) atoms. The van der Waals surface area contributed by atoms with Crippen LogP contribution >= 0.6 is 11.3 Å². The first-order chi connectivity index (χ1) is 16.0. The van der Waals surface area contributed by atoms with Crippen molar-refractivity contribution in [1.82, 2.24) is 9.55 Å². The number of ether oxygens (including phenoxy) is 2. The van der Waals surface area contributed by atoms with Crippen molar-refractivity contribution in [3.05, 3.63) is 35.6 Å². The Kier molecular flexibility index (Phi) is 6.44. The number of thiazole rings is 1. The van der Waals surface area contributed by atoms with Gasteiger partial charge in [-0.15, -0.1) is 11.3 Å². The van der Waals surface area contributed by atoms with Crippen LogP contribution in [0.1, 0.15) is 58.4 Å². The van der Waals surface area contributed by atoms with Gasteiger partial charge in [-0.2, -0.15) is 0 Å². The Bertz CT molecular complexity index is 1220. The van der Waals surface area contributed by atoms with Gasteiger partial charge in [-0.25, -0.2) is 9.78 Å². The third-order valence-electron chi connectivity index (χ3n) is 6.02. The zero-order valence-electron chi connectivity index (χ0n) is 20.0. The predicted molar refractivity (Wildman–Crippen MR) is 132 cm³/mol. The van der Waals surface area contributed by atoms with Crippen LogP contribution in [0.3, 0.4) is 0 Å². The van der Waals surface area contributed by atoms with E-state index >= 15 is 0 Å². The van der Waals surface area contributed by atoms with E-state index in [4.69, 9.17) is 15.2 Å². The maximum atomic E-state index is 12.9. The molecule has 0 spiro atoms. The summed E-state index contributed by atoms with van der Waals surface area (Å²) in [5, 5.41) is 12.7. The number of anilines is 1. The predicted octanol–water partition coefficient (Wildman–Crippen LogP) is 5.07. The molecule has 3 aromatic rings. The van der Waals surface area contributed by atoms with E-state index in [0.29, 0.717) is 48.5 Å². The highest BCUT2D eigenvalue weighted by molar-refractivity contribution is 7.15. The smallest absolute Gasteiger partial charge is 0.419 e. The van der Waals surface area contributed by atoms with Crippen molar-refractivity contribution in [2.75, 3.05) is 12.3 Å². The van der Waals surface area contributed by atoms with Crippen LogP contribution in [0.5, 0.6) is 0 Å². The van der Waals surface area contributed by atoms with E-state index < -0.39 is 17.3 Å². The SMILES string of the molecule is CCOC(=O)[C@H]1CC[C@@](O)(c2ncc(-c3cn(C(=O)OC(C)(C)C)c4ccc(N)cc34)s2)CC1. The van der Waals surface area contributed by atoms with Crippen LogP contribution in [0, 0.1) is 5.92 Å². The van der Waals surface area contributed by atoms with Crippen molar-refractivity contribution >= 4 is 40.0 Å². The molecule has 2 aromatic heterocycles. The van der Waals surface area contributed by atoms with E-state index in [2.05, 4.69) is 4.98 Å². The number of nitrogen functional groups attached to an aromatic ring is 1. The van der Waals surface area contributed by atoms with Crippen LogP contribution in [0.2, 0.25) is 0 Å². The summed E-state index contributed by atoms with van der Waals surface area (Å²) < 4.78 is 12.2. The molecule has 1 aliphatic carbocycles. The molecule has 0 radical (unpaired) electrons. The lowest BCUT2D eigenvalue weighted by Gasteiger charge is -2.33. The topological polar surface area (TPSA) is 117 Å². The second-order valence-electron chi connectivity index (χ2n) is 9.76. The van der Waals surface area contributed by atoms with Gasteiger partial charge < -0.3 is 20.3 Å². The van der Waals surface area contributed by atoms with Crippen LogP contribution in [0.15, 0.2) is 30.6 Å². The lowest BCUT2D eigenvalue weighted by molar-refractivity contribution is -0.151. The van der Waals surface area contributed by atoms with Gasteiger partial charge in [0.15, 0.2) is 0 Å². The molecule has 0 amide bonds. The Labute approximate surface area is 202 Å². The molecule has 1 aliphatic rings. The summed E-state index contributed by atoms with van der Waals surface area (Å²) in [5.41, 5.74) is 6.38. The number of rotatable bonds is 4. The van der Waals surface area contributed by atoms with E-state index in [0.717, 1.165) is 15.8 Å². The van der Waals surface area contributed by atoms with Crippen molar-refractivity contribution < 1.29 is 24.2 Å². The second-order valence-corrected chi connectivity index (χ2v) is 10.8. The average Bonchev–Trinajstić information content (AvgIpc) is 3.38. The minimum atomic E-state index is -1.09. The minimum absolute atomic E-state index is 0.186. The average molecular weight is 486 g/mol. The molecule has 2 heterocycles. The molecule has 0 bridgehead atoms. The number of hydrogen-bond acceptors (Lipinski definition) is 8. The largest absolute Gasteiger partial charge is 0.466 e. The van der Waals surface area contributed by atoms with Crippen LogP contribution in [-0.4, -0.2) is 38.9 Å². The van der Waals surface area contributed by atoms with Crippen molar-refractivity contribution in [2.45, 2.75) is 64.6 Å². The summed E-state index contributed by atoms with van der Waals surface area (Å²) in [6.45, 7) is 7.62. The van der Waals surface area contributed by atoms with Gasteiger partial charge in [0, 0.05) is 29.0 Å². The molecule has 0 atom stereocenters. The fraction of sp³-hybridized carbons (Fsp3) is 0.480. The van der Waals surface area contributed by atoms with Crippen LogP contribution in [-0.2, 0) is 19.9 Å². The fourth-order valence-electron chi connectivity index (χ4n) is 4.32. The molecule has 0 aliphatic heterocycles. The highest BCUT2D eigenvalue weighted by Gasteiger charge is 2.40. The molecule has 8 nitrogen and oxygen atoms in total. The first-order valence-electron chi connectivity index (χ1n) is 11.5. The molecule has 0 unspecified atom stereocenters. The number of aliphatic hydroxyl groups is 1. The third-order valence-corrected chi connectivity index (χ3v) is 7.24. The van der Waals surface area contributed by atoms with Crippen LogP contribution in [0.25, 0.3) is 21.3 Å². The Morgan fingerprint density at radius 2 is 2.00 bits per heavy atom. The lowest BCUT2D eigenvalue weighted by Crippen LogP contribution is -2.34. The van der Waals surface area contributed by atoms with Crippen molar-refractivity contribution in [3.8, 4) is 10.4 Å². The summed E-state index contributed by atoms with van der Waals surface area (Å²) in [6, 6.07) is 5.37. The van der Waals surface area contributed by atoms with E-state index in [1.165, 1.54) is 15.9 Å². The molecule has 4 rings (SSSR count). The molecule has 1 saturated carbocycles. The number of nitrogens with two attached hydrogens (primary N) is 1. The number of carbonyl (C=O) groups is 2. The van der Waals surface area contributed by atoms with Crippen molar-refractivity contribution in [3.63, 3.8) is 0 Å². The number of carbonyl (C=O) groups excluding carboxylic acids is 2. The van der Waals surface area contributed by atoms with E-state index in [1.807, 2.05) is 26.8 Å². The Morgan fingerprint density at radius 3 is 2.65 bits per heavy atom. The zero-order valence-corrected chi connectivity index (χ0v) is 20.8. The highest BCUT2D eigenvalue weighted by Crippen LogP contribution is 2.44. The van der Waals surface area contributed by atoms with Gasteiger partial charge in [-0.1, -0.05) is 0 Å². The molecule has 9 heteroatoms. The fourth-order valence-corrected chi connectivity index (χ4v) is 5.41. The number of hydrogen-bond donors (Lipinski definition) is 2. The molecular weight excluding hydrogens is 454 g/mol. The number of nitrogens with zero attached hydrogens (tertiary/aromatic N) is 2. The maximum Gasteiger partial charge on any atom is 0.419 e. The van der Waals surface area contributed by atoms with E-state index in [9.17, 15) is 14.7 Å². The summed E-state index contributed by atoms with van der Waals surface area (Å²) in [7, 11) is 0. The summed E-state index contributed by atoms with van der Waals surface area (Å²) in [4.78, 5) is 30.3. The van der Waals surface area contributed by atoms with Gasteiger partial charge in [0.25, 0.3) is 0 Å².